The van der Waals surface area contributed by atoms with E-state index in [1.807, 2.05) is 103 Å². The van der Waals surface area contributed by atoms with E-state index in [9.17, 15) is 9.00 Å². The molecular formula is C31H30N2O3S2. The SMILES string of the molecule is O=C(NC(CCOc1ccccc1)c1ccccc1)C1SCCN1S(=O)c1ccc(-c2ccccc2)cc1. The van der Waals surface area contributed by atoms with E-state index in [0.717, 1.165) is 28.2 Å². The van der Waals surface area contributed by atoms with Crippen LogP contribution in [-0.2, 0) is 15.8 Å². The van der Waals surface area contributed by atoms with Crippen molar-refractivity contribution in [1.29, 1.82) is 0 Å². The molecule has 1 saturated heterocycles. The first-order valence-electron chi connectivity index (χ1n) is 12.7. The van der Waals surface area contributed by atoms with Crippen LogP contribution >= 0.6 is 11.8 Å². The van der Waals surface area contributed by atoms with Crippen LogP contribution in [0.3, 0.4) is 0 Å². The average Bonchev–Trinajstić information content (AvgIpc) is 3.48. The van der Waals surface area contributed by atoms with Gasteiger partial charge in [-0.15, -0.1) is 11.8 Å². The van der Waals surface area contributed by atoms with E-state index in [1.165, 1.54) is 11.8 Å². The number of hydrogen-bond acceptors (Lipinski definition) is 4. The van der Waals surface area contributed by atoms with Gasteiger partial charge in [0.1, 0.15) is 22.1 Å². The van der Waals surface area contributed by atoms with Crippen LogP contribution in [-0.4, -0.2) is 38.7 Å². The van der Waals surface area contributed by atoms with Crippen LogP contribution in [0.15, 0.2) is 120 Å². The summed E-state index contributed by atoms with van der Waals surface area (Å²) < 4.78 is 21.2. The Hall–Kier alpha value is -3.39. The van der Waals surface area contributed by atoms with Gasteiger partial charge in [-0.2, -0.15) is 4.31 Å². The minimum atomic E-state index is -1.44. The average molecular weight is 543 g/mol. The van der Waals surface area contributed by atoms with Crippen LogP contribution in [0.5, 0.6) is 5.75 Å². The summed E-state index contributed by atoms with van der Waals surface area (Å²) in [7, 11) is -1.44. The zero-order valence-corrected chi connectivity index (χ0v) is 22.6. The number of benzene rings is 4. The predicted octanol–water partition coefficient (Wildman–Crippen LogP) is 6.08. The van der Waals surface area contributed by atoms with Crippen LogP contribution in [0.4, 0.5) is 0 Å². The maximum absolute atomic E-state index is 13.5. The summed E-state index contributed by atoms with van der Waals surface area (Å²) in [5.74, 6) is 1.42. The lowest BCUT2D eigenvalue weighted by Gasteiger charge is -2.25. The number of amides is 1. The summed E-state index contributed by atoms with van der Waals surface area (Å²) in [6.45, 7) is 1.05. The zero-order chi connectivity index (χ0) is 26.2. The molecule has 7 heteroatoms. The summed E-state index contributed by atoms with van der Waals surface area (Å²) >= 11 is 1.53. The molecule has 0 aromatic heterocycles. The second-order valence-electron chi connectivity index (χ2n) is 8.93. The Kier molecular flexibility index (Phi) is 8.91. The molecule has 3 atom stereocenters. The number of para-hydroxylation sites is 1. The Morgan fingerprint density at radius 1 is 0.868 bits per heavy atom. The number of nitrogens with zero attached hydrogens (tertiary/aromatic N) is 1. The second kappa shape index (κ2) is 12.9. The summed E-state index contributed by atoms with van der Waals surface area (Å²) in [5, 5.41) is 2.69. The molecule has 3 unspecified atom stereocenters. The topological polar surface area (TPSA) is 58.6 Å². The lowest BCUT2D eigenvalue weighted by Crippen LogP contribution is -2.44. The fourth-order valence-corrected chi connectivity index (χ4v) is 7.14. The maximum Gasteiger partial charge on any atom is 0.249 e. The van der Waals surface area contributed by atoms with E-state index in [4.69, 9.17) is 4.74 Å². The standard InChI is InChI=1S/C31H30N2O3S2/c34-30(32-29(26-12-6-2-7-13-26)20-22-36-27-14-8-3-9-15-27)31-33(21-23-37-31)38(35)28-18-16-25(17-19-28)24-10-4-1-5-11-24/h1-19,29,31H,20-23H2,(H,32,34). The summed E-state index contributed by atoms with van der Waals surface area (Å²) in [4.78, 5) is 14.2. The van der Waals surface area contributed by atoms with Gasteiger partial charge in [-0.05, 0) is 41.0 Å². The molecule has 1 N–H and O–H groups in total. The molecule has 0 radical (unpaired) electrons. The molecule has 194 valence electrons. The number of ether oxygens (including phenoxy) is 1. The molecule has 4 aromatic carbocycles. The summed E-state index contributed by atoms with van der Waals surface area (Å²) in [5.41, 5.74) is 3.20. The number of carbonyl (C=O) groups excluding carboxylic acids is 1. The van der Waals surface area contributed by atoms with E-state index in [0.29, 0.717) is 24.5 Å². The molecule has 1 aliphatic rings. The number of thioether (sulfide) groups is 1. The summed E-state index contributed by atoms with van der Waals surface area (Å²) in [6, 6.07) is 37.2. The molecule has 0 bridgehead atoms. The van der Waals surface area contributed by atoms with E-state index in [2.05, 4.69) is 17.4 Å². The van der Waals surface area contributed by atoms with Gasteiger partial charge in [-0.3, -0.25) is 4.79 Å². The number of rotatable bonds is 10. The van der Waals surface area contributed by atoms with Gasteiger partial charge in [0.25, 0.3) is 0 Å². The molecule has 5 nitrogen and oxygen atoms in total. The van der Waals surface area contributed by atoms with Crippen molar-refractivity contribution in [3.05, 3.63) is 121 Å². The quantitative estimate of drug-likeness (QED) is 0.264. The van der Waals surface area contributed by atoms with Crippen molar-refractivity contribution in [2.24, 2.45) is 0 Å². The van der Waals surface area contributed by atoms with Crippen molar-refractivity contribution in [3.8, 4) is 16.9 Å². The molecule has 5 rings (SSSR count). The fourth-order valence-electron chi connectivity index (χ4n) is 4.42. The molecule has 4 aromatic rings. The fraction of sp³-hybridized carbons (Fsp3) is 0.194. The third kappa shape index (κ3) is 6.54. The van der Waals surface area contributed by atoms with Crippen molar-refractivity contribution in [2.45, 2.75) is 22.7 Å². The highest BCUT2D eigenvalue weighted by atomic mass is 32.2. The van der Waals surface area contributed by atoms with Gasteiger partial charge in [0, 0.05) is 18.7 Å². The molecule has 1 fully saturated rings. The first-order chi connectivity index (χ1) is 18.7. The van der Waals surface area contributed by atoms with Gasteiger partial charge >= 0.3 is 0 Å². The van der Waals surface area contributed by atoms with E-state index < -0.39 is 16.4 Å². The Balaban J connectivity index is 1.25. The molecule has 0 spiro atoms. The first kappa shape index (κ1) is 26.2. The van der Waals surface area contributed by atoms with Crippen molar-refractivity contribution in [1.82, 2.24) is 9.62 Å². The smallest absolute Gasteiger partial charge is 0.249 e. The molecule has 38 heavy (non-hydrogen) atoms. The zero-order valence-electron chi connectivity index (χ0n) is 20.9. The van der Waals surface area contributed by atoms with E-state index >= 15 is 0 Å². The lowest BCUT2D eigenvalue weighted by molar-refractivity contribution is -0.122. The van der Waals surface area contributed by atoms with Crippen molar-refractivity contribution in [2.75, 3.05) is 18.9 Å². The second-order valence-corrected chi connectivity index (χ2v) is 11.6. The highest BCUT2D eigenvalue weighted by Gasteiger charge is 2.36. The highest BCUT2D eigenvalue weighted by molar-refractivity contribution is 8.01. The third-order valence-corrected chi connectivity index (χ3v) is 9.22. The number of hydrogen-bond donors (Lipinski definition) is 1. The third-order valence-electron chi connectivity index (χ3n) is 6.39. The Morgan fingerprint density at radius 2 is 1.47 bits per heavy atom. The summed E-state index contributed by atoms with van der Waals surface area (Å²) in [6.07, 6.45) is 0.617. The highest BCUT2D eigenvalue weighted by Crippen LogP contribution is 2.30. The minimum absolute atomic E-state index is 0.129. The normalized spacial score (nSPS) is 17.0. The van der Waals surface area contributed by atoms with Crippen LogP contribution in [0.1, 0.15) is 18.0 Å². The van der Waals surface area contributed by atoms with Gasteiger partial charge in [-0.1, -0.05) is 91.0 Å². The van der Waals surface area contributed by atoms with Crippen molar-refractivity contribution >= 4 is 28.7 Å². The number of carbonyl (C=O) groups is 1. The number of nitrogens with one attached hydrogen (secondary N) is 1. The van der Waals surface area contributed by atoms with Gasteiger partial charge in [-0.25, -0.2) is 4.21 Å². The van der Waals surface area contributed by atoms with Crippen LogP contribution in [0, 0.1) is 0 Å². The molecule has 0 aliphatic carbocycles. The van der Waals surface area contributed by atoms with Gasteiger partial charge in [0.05, 0.1) is 17.5 Å². The lowest BCUT2D eigenvalue weighted by atomic mass is 10.0. The Morgan fingerprint density at radius 3 is 2.16 bits per heavy atom. The Bertz CT molecular complexity index is 1340. The molecule has 1 aliphatic heterocycles. The monoisotopic (exact) mass is 542 g/mol. The van der Waals surface area contributed by atoms with Crippen molar-refractivity contribution < 1.29 is 13.7 Å². The van der Waals surface area contributed by atoms with E-state index in [1.54, 1.807) is 4.31 Å². The van der Waals surface area contributed by atoms with Crippen molar-refractivity contribution in [3.63, 3.8) is 0 Å². The minimum Gasteiger partial charge on any atom is -0.494 e. The van der Waals surface area contributed by atoms with E-state index in [-0.39, 0.29) is 11.9 Å². The van der Waals surface area contributed by atoms with Crippen LogP contribution in [0.2, 0.25) is 0 Å². The first-order valence-corrected chi connectivity index (χ1v) is 14.8. The largest absolute Gasteiger partial charge is 0.494 e. The van der Waals surface area contributed by atoms with Crippen LogP contribution < -0.4 is 10.1 Å². The predicted molar refractivity (Wildman–Crippen MR) is 155 cm³/mol. The molecule has 1 amide bonds. The molecule has 0 saturated carbocycles. The van der Waals surface area contributed by atoms with Gasteiger partial charge in [0.2, 0.25) is 5.91 Å². The van der Waals surface area contributed by atoms with Gasteiger partial charge < -0.3 is 10.1 Å². The Labute approximate surface area is 230 Å². The van der Waals surface area contributed by atoms with Crippen LogP contribution in [0.25, 0.3) is 11.1 Å². The molecular weight excluding hydrogens is 512 g/mol. The van der Waals surface area contributed by atoms with Gasteiger partial charge in [0.15, 0.2) is 0 Å². The molecule has 1 heterocycles. The maximum atomic E-state index is 13.5.